The van der Waals surface area contributed by atoms with E-state index in [-0.39, 0.29) is 12.1 Å². The molecule has 0 aliphatic carbocycles. The van der Waals surface area contributed by atoms with Crippen molar-refractivity contribution in [3.63, 3.8) is 0 Å². The fourth-order valence-corrected chi connectivity index (χ4v) is 1.24. The summed E-state index contributed by atoms with van der Waals surface area (Å²) in [5.41, 5.74) is 1.10. The van der Waals surface area contributed by atoms with Crippen molar-refractivity contribution in [1.82, 2.24) is 9.78 Å². The molecular weight excluding hydrogens is 152 g/mol. The van der Waals surface area contributed by atoms with Gasteiger partial charge in [0.1, 0.15) is 0 Å². The molecule has 68 valence electrons. The molecule has 0 atom stereocenters. The highest BCUT2D eigenvalue weighted by atomic mass is 16.3. The molecule has 1 aromatic rings. The van der Waals surface area contributed by atoms with Gasteiger partial charge in [-0.15, -0.1) is 0 Å². The van der Waals surface area contributed by atoms with E-state index < -0.39 is 0 Å². The van der Waals surface area contributed by atoms with Gasteiger partial charge in [-0.25, -0.2) is 0 Å². The first-order chi connectivity index (χ1) is 5.55. The van der Waals surface area contributed by atoms with Crippen LogP contribution in [0.2, 0.25) is 0 Å². The molecule has 0 aliphatic heterocycles. The van der Waals surface area contributed by atoms with E-state index in [0.717, 1.165) is 5.69 Å². The van der Waals surface area contributed by atoms with E-state index in [2.05, 4.69) is 25.9 Å². The Morgan fingerprint density at radius 3 is 2.67 bits per heavy atom. The average molecular weight is 168 g/mol. The number of aliphatic hydroxyl groups is 1. The van der Waals surface area contributed by atoms with Gasteiger partial charge in [0.05, 0.1) is 5.54 Å². The first-order valence-corrected chi connectivity index (χ1v) is 4.20. The first kappa shape index (κ1) is 9.26. The molecule has 1 rings (SSSR count). The Kier molecular flexibility index (Phi) is 2.52. The van der Waals surface area contributed by atoms with E-state index in [9.17, 15) is 0 Å². The maximum absolute atomic E-state index is 8.79. The zero-order chi connectivity index (χ0) is 9.19. The lowest BCUT2D eigenvalue weighted by Crippen LogP contribution is -2.25. The molecule has 0 fully saturated rings. The van der Waals surface area contributed by atoms with Gasteiger partial charge in [-0.3, -0.25) is 4.68 Å². The SMILES string of the molecule is CC(C)(C)n1nccc1CCO. The van der Waals surface area contributed by atoms with Crippen molar-refractivity contribution in [1.29, 1.82) is 0 Å². The van der Waals surface area contributed by atoms with Crippen LogP contribution in [0.15, 0.2) is 12.3 Å². The van der Waals surface area contributed by atoms with Gasteiger partial charge in [0, 0.05) is 24.9 Å². The van der Waals surface area contributed by atoms with E-state index in [1.54, 1.807) is 6.20 Å². The Morgan fingerprint density at radius 2 is 2.17 bits per heavy atom. The molecule has 1 N–H and O–H groups in total. The number of hydrogen-bond acceptors (Lipinski definition) is 2. The highest BCUT2D eigenvalue weighted by Crippen LogP contribution is 2.15. The maximum Gasteiger partial charge on any atom is 0.0546 e. The summed E-state index contributed by atoms with van der Waals surface area (Å²) in [5.74, 6) is 0. The predicted molar refractivity (Wildman–Crippen MR) is 48.0 cm³/mol. The molecule has 0 aliphatic rings. The minimum Gasteiger partial charge on any atom is -0.396 e. The van der Waals surface area contributed by atoms with Crippen LogP contribution in [0.3, 0.4) is 0 Å². The Bertz CT molecular complexity index is 247. The van der Waals surface area contributed by atoms with Crippen LogP contribution >= 0.6 is 0 Å². The molecule has 0 saturated heterocycles. The highest BCUT2D eigenvalue weighted by Gasteiger charge is 2.16. The molecule has 0 aromatic carbocycles. The molecule has 1 aromatic heterocycles. The summed E-state index contributed by atoms with van der Waals surface area (Å²) in [5, 5.41) is 13.0. The second-order valence-electron chi connectivity index (χ2n) is 3.88. The number of aliphatic hydroxyl groups excluding tert-OH is 1. The van der Waals surface area contributed by atoms with Gasteiger partial charge in [-0.2, -0.15) is 5.10 Å². The van der Waals surface area contributed by atoms with Crippen molar-refractivity contribution >= 4 is 0 Å². The monoisotopic (exact) mass is 168 g/mol. The smallest absolute Gasteiger partial charge is 0.0546 e. The molecule has 0 unspecified atom stereocenters. The summed E-state index contributed by atoms with van der Waals surface area (Å²) in [6.45, 7) is 6.48. The van der Waals surface area contributed by atoms with Gasteiger partial charge in [0.15, 0.2) is 0 Å². The van der Waals surface area contributed by atoms with E-state index in [1.165, 1.54) is 0 Å². The van der Waals surface area contributed by atoms with Crippen LogP contribution in [0.5, 0.6) is 0 Å². The molecule has 3 heteroatoms. The lowest BCUT2D eigenvalue weighted by atomic mass is 10.1. The third-order valence-corrected chi connectivity index (χ3v) is 1.72. The fourth-order valence-electron chi connectivity index (χ4n) is 1.24. The number of hydrogen-bond donors (Lipinski definition) is 1. The van der Waals surface area contributed by atoms with Crippen LogP contribution in [-0.2, 0) is 12.0 Å². The molecule has 0 bridgehead atoms. The normalized spacial score (nSPS) is 12.0. The Balaban J connectivity index is 2.91. The topological polar surface area (TPSA) is 38.0 Å². The molecule has 0 saturated carbocycles. The molecule has 3 nitrogen and oxygen atoms in total. The Labute approximate surface area is 73.0 Å². The molecule has 12 heavy (non-hydrogen) atoms. The van der Waals surface area contributed by atoms with E-state index in [0.29, 0.717) is 6.42 Å². The predicted octanol–water partition coefficient (Wildman–Crippen LogP) is 1.17. The zero-order valence-electron chi connectivity index (χ0n) is 7.91. The fraction of sp³-hybridized carbons (Fsp3) is 0.667. The number of rotatable bonds is 2. The minimum atomic E-state index is 0.00794. The van der Waals surface area contributed by atoms with Crippen LogP contribution in [0, 0.1) is 0 Å². The van der Waals surface area contributed by atoms with Crippen molar-refractivity contribution in [2.24, 2.45) is 0 Å². The first-order valence-electron chi connectivity index (χ1n) is 4.20. The lowest BCUT2D eigenvalue weighted by Gasteiger charge is -2.22. The molecule has 0 radical (unpaired) electrons. The molecular formula is C9H16N2O. The maximum atomic E-state index is 8.79. The van der Waals surface area contributed by atoms with Crippen LogP contribution in [0.25, 0.3) is 0 Å². The summed E-state index contributed by atoms with van der Waals surface area (Å²) in [6.07, 6.45) is 2.45. The summed E-state index contributed by atoms with van der Waals surface area (Å²) >= 11 is 0. The van der Waals surface area contributed by atoms with Crippen molar-refractivity contribution < 1.29 is 5.11 Å². The largest absolute Gasteiger partial charge is 0.396 e. The Hall–Kier alpha value is -0.830. The second-order valence-corrected chi connectivity index (χ2v) is 3.88. The number of aromatic nitrogens is 2. The Morgan fingerprint density at radius 1 is 1.50 bits per heavy atom. The summed E-state index contributed by atoms with van der Waals surface area (Å²) in [7, 11) is 0. The third kappa shape index (κ3) is 1.85. The quantitative estimate of drug-likeness (QED) is 0.720. The summed E-state index contributed by atoms with van der Waals surface area (Å²) < 4.78 is 1.95. The van der Waals surface area contributed by atoms with Crippen LogP contribution in [-0.4, -0.2) is 21.5 Å². The molecule has 1 heterocycles. The van der Waals surface area contributed by atoms with Crippen LogP contribution < -0.4 is 0 Å². The standard InChI is InChI=1S/C9H16N2O/c1-9(2,3)11-8(5-7-12)4-6-10-11/h4,6,12H,5,7H2,1-3H3. The van der Waals surface area contributed by atoms with Crippen molar-refractivity contribution in [2.75, 3.05) is 6.61 Å². The zero-order valence-corrected chi connectivity index (χ0v) is 7.91. The van der Waals surface area contributed by atoms with Gasteiger partial charge < -0.3 is 5.11 Å². The summed E-state index contributed by atoms with van der Waals surface area (Å²) in [6, 6.07) is 1.95. The van der Waals surface area contributed by atoms with Crippen molar-refractivity contribution in [3.8, 4) is 0 Å². The lowest BCUT2D eigenvalue weighted by molar-refractivity contribution is 0.283. The van der Waals surface area contributed by atoms with Gasteiger partial charge in [-0.1, -0.05) is 0 Å². The van der Waals surface area contributed by atoms with Gasteiger partial charge in [0.2, 0.25) is 0 Å². The summed E-state index contributed by atoms with van der Waals surface area (Å²) in [4.78, 5) is 0. The minimum absolute atomic E-state index is 0.00794. The van der Waals surface area contributed by atoms with Crippen LogP contribution in [0.1, 0.15) is 26.5 Å². The van der Waals surface area contributed by atoms with Crippen molar-refractivity contribution in [2.45, 2.75) is 32.7 Å². The second kappa shape index (κ2) is 3.27. The van der Waals surface area contributed by atoms with Crippen molar-refractivity contribution in [3.05, 3.63) is 18.0 Å². The number of nitrogens with zero attached hydrogens (tertiary/aromatic N) is 2. The average Bonchev–Trinajstić information content (AvgIpc) is 2.34. The third-order valence-electron chi connectivity index (χ3n) is 1.72. The van der Waals surface area contributed by atoms with E-state index in [1.807, 2.05) is 10.7 Å². The highest BCUT2D eigenvalue weighted by molar-refractivity contribution is 5.03. The van der Waals surface area contributed by atoms with Gasteiger partial charge >= 0.3 is 0 Å². The van der Waals surface area contributed by atoms with Gasteiger partial charge in [-0.05, 0) is 26.8 Å². The molecule has 0 spiro atoms. The van der Waals surface area contributed by atoms with Crippen LogP contribution in [0.4, 0.5) is 0 Å². The van der Waals surface area contributed by atoms with Gasteiger partial charge in [0.25, 0.3) is 0 Å². The van der Waals surface area contributed by atoms with E-state index >= 15 is 0 Å². The van der Waals surface area contributed by atoms with E-state index in [4.69, 9.17) is 5.11 Å². The molecule has 0 amide bonds.